The van der Waals surface area contributed by atoms with Crippen molar-refractivity contribution in [3.8, 4) is 0 Å². The number of rotatable bonds is 2. The molecule has 3 heteroatoms. The summed E-state index contributed by atoms with van der Waals surface area (Å²) in [6, 6.07) is 3.47. The molecule has 68 valence electrons. The Hall–Kier alpha value is -0.960. The van der Waals surface area contributed by atoms with Gasteiger partial charge in [0, 0.05) is 15.6 Å². The molecule has 1 aromatic carbocycles. The van der Waals surface area contributed by atoms with Crippen LogP contribution in [0.15, 0.2) is 16.6 Å². The average molecular weight is 241 g/mol. The molecule has 0 aliphatic rings. The van der Waals surface area contributed by atoms with Gasteiger partial charge in [0.05, 0.1) is 0 Å². The lowest BCUT2D eigenvalue weighted by molar-refractivity contribution is 0.100. The van der Waals surface area contributed by atoms with Crippen molar-refractivity contribution >= 4 is 28.0 Å². The minimum atomic E-state index is -0.0768. The Balaban J connectivity index is 3.47. The zero-order valence-electron chi connectivity index (χ0n) is 7.43. The molecule has 1 aromatic rings. The standard InChI is InChI=1S/C10H9BrO2/c1-6-3-9(11)4-8(5-12)10(6)7(2)13/h3-5H,1-2H3. The highest BCUT2D eigenvalue weighted by atomic mass is 79.9. The molecule has 0 heterocycles. The van der Waals surface area contributed by atoms with Crippen LogP contribution in [0.3, 0.4) is 0 Å². The van der Waals surface area contributed by atoms with Crippen LogP contribution in [0.25, 0.3) is 0 Å². The third-order valence-electron chi connectivity index (χ3n) is 1.81. The van der Waals surface area contributed by atoms with Crippen molar-refractivity contribution in [1.82, 2.24) is 0 Å². The number of halogens is 1. The number of hydrogen-bond donors (Lipinski definition) is 0. The predicted molar refractivity (Wildman–Crippen MR) is 54.3 cm³/mol. The monoisotopic (exact) mass is 240 g/mol. The van der Waals surface area contributed by atoms with Crippen LogP contribution in [0.2, 0.25) is 0 Å². The smallest absolute Gasteiger partial charge is 0.160 e. The van der Waals surface area contributed by atoms with E-state index in [1.807, 2.05) is 13.0 Å². The highest BCUT2D eigenvalue weighted by molar-refractivity contribution is 9.10. The molecule has 13 heavy (non-hydrogen) atoms. The minimum absolute atomic E-state index is 0.0768. The van der Waals surface area contributed by atoms with Crippen molar-refractivity contribution in [2.75, 3.05) is 0 Å². The molecule has 0 saturated carbocycles. The van der Waals surface area contributed by atoms with Gasteiger partial charge >= 0.3 is 0 Å². The molecule has 0 aliphatic carbocycles. The quantitative estimate of drug-likeness (QED) is 0.589. The molecule has 0 aromatic heterocycles. The fraction of sp³-hybridized carbons (Fsp3) is 0.200. The van der Waals surface area contributed by atoms with E-state index in [2.05, 4.69) is 15.9 Å². The van der Waals surface area contributed by atoms with Gasteiger partial charge in [-0.1, -0.05) is 15.9 Å². The molecule has 0 saturated heterocycles. The van der Waals surface area contributed by atoms with Crippen LogP contribution in [0.4, 0.5) is 0 Å². The Kier molecular flexibility index (Phi) is 2.98. The summed E-state index contributed by atoms with van der Waals surface area (Å²) in [5.41, 5.74) is 1.78. The number of carbonyl (C=O) groups is 2. The lowest BCUT2D eigenvalue weighted by Gasteiger charge is -2.05. The Bertz CT molecular complexity index is 369. The van der Waals surface area contributed by atoms with Gasteiger partial charge in [-0.25, -0.2) is 0 Å². The summed E-state index contributed by atoms with van der Waals surface area (Å²) < 4.78 is 0.817. The molecular weight excluding hydrogens is 232 g/mol. The van der Waals surface area contributed by atoms with Crippen molar-refractivity contribution in [3.05, 3.63) is 33.3 Å². The summed E-state index contributed by atoms with van der Waals surface area (Å²) in [6.07, 6.45) is 0.703. The molecule has 2 nitrogen and oxygen atoms in total. The fourth-order valence-corrected chi connectivity index (χ4v) is 1.93. The Morgan fingerprint density at radius 3 is 2.54 bits per heavy atom. The van der Waals surface area contributed by atoms with E-state index < -0.39 is 0 Å². The third kappa shape index (κ3) is 2.04. The summed E-state index contributed by atoms with van der Waals surface area (Å²) in [6.45, 7) is 3.28. The number of aldehydes is 1. The van der Waals surface area contributed by atoms with Gasteiger partial charge in [0.25, 0.3) is 0 Å². The van der Waals surface area contributed by atoms with Crippen molar-refractivity contribution in [2.24, 2.45) is 0 Å². The van der Waals surface area contributed by atoms with Gasteiger partial charge in [-0.05, 0) is 31.5 Å². The van der Waals surface area contributed by atoms with Gasteiger partial charge in [0.1, 0.15) is 0 Å². The topological polar surface area (TPSA) is 34.1 Å². The molecule has 0 amide bonds. The maximum Gasteiger partial charge on any atom is 0.160 e. The summed E-state index contributed by atoms with van der Waals surface area (Å²) in [5, 5.41) is 0. The second-order valence-electron chi connectivity index (χ2n) is 2.86. The van der Waals surface area contributed by atoms with Crippen molar-refractivity contribution in [3.63, 3.8) is 0 Å². The summed E-state index contributed by atoms with van der Waals surface area (Å²) in [7, 11) is 0. The molecule has 0 atom stereocenters. The number of hydrogen-bond acceptors (Lipinski definition) is 2. The van der Waals surface area contributed by atoms with Gasteiger partial charge in [0.15, 0.2) is 12.1 Å². The first-order chi connectivity index (χ1) is 6.06. The van der Waals surface area contributed by atoms with E-state index in [9.17, 15) is 9.59 Å². The first-order valence-corrected chi connectivity index (χ1v) is 4.62. The van der Waals surface area contributed by atoms with Crippen LogP contribution in [-0.4, -0.2) is 12.1 Å². The highest BCUT2D eigenvalue weighted by Gasteiger charge is 2.10. The SMILES string of the molecule is CC(=O)c1c(C)cc(Br)cc1C=O. The van der Waals surface area contributed by atoms with Crippen LogP contribution in [0, 0.1) is 6.92 Å². The van der Waals surface area contributed by atoms with E-state index in [0.717, 1.165) is 10.0 Å². The van der Waals surface area contributed by atoms with E-state index in [1.54, 1.807) is 6.07 Å². The number of ketones is 1. The van der Waals surface area contributed by atoms with E-state index in [1.165, 1.54) is 6.92 Å². The lowest BCUT2D eigenvalue weighted by atomic mass is 10.00. The Morgan fingerprint density at radius 1 is 1.46 bits per heavy atom. The normalized spacial score (nSPS) is 9.77. The summed E-state index contributed by atoms with van der Waals surface area (Å²) in [4.78, 5) is 21.8. The van der Waals surface area contributed by atoms with Crippen molar-refractivity contribution < 1.29 is 9.59 Å². The summed E-state index contributed by atoms with van der Waals surface area (Å²) in [5.74, 6) is -0.0768. The van der Waals surface area contributed by atoms with Gasteiger partial charge < -0.3 is 0 Å². The molecule has 0 radical (unpaired) electrons. The number of carbonyl (C=O) groups excluding carboxylic acids is 2. The molecule has 1 rings (SSSR count). The predicted octanol–water partition coefficient (Wildman–Crippen LogP) is 2.77. The largest absolute Gasteiger partial charge is 0.298 e. The number of aryl methyl sites for hydroxylation is 1. The Labute approximate surface area is 85.1 Å². The Morgan fingerprint density at radius 2 is 2.08 bits per heavy atom. The summed E-state index contributed by atoms with van der Waals surface area (Å²) >= 11 is 3.27. The second-order valence-corrected chi connectivity index (χ2v) is 3.78. The molecular formula is C10H9BrO2. The molecule has 0 bridgehead atoms. The van der Waals surface area contributed by atoms with Gasteiger partial charge in [-0.3, -0.25) is 9.59 Å². The van der Waals surface area contributed by atoms with Crippen LogP contribution in [0.1, 0.15) is 33.2 Å². The average Bonchev–Trinajstić information content (AvgIpc) is 2.01. The van der Waals surface area contributed by atoms with Gasteiger partial charge in [0.2, 0.25) is 0 Å². The minimum Gasteiger partial charge on any atom is -0.298 e. The number of benzene rings is 1. The van der Waals surface area contributed by atoms with E-state index in [0.29, 0.717) is 17.4 Å². The first-order valence-electron chi connectivity index (χ1n) is 3.82. The number of Topliss-reactive ketones (excluding diaryl/α,β-unsaturated/α-hetero) is 1. The zero-order chi connectivity index (χ0) is 10.0. The first kappa shape index (κ1) is 10.1. The molecule has 0 N–H and O–H groups in total. The second kappa shape index (κ2) is 3.83. The molecule has 0 aliphatic heterocycles. The fourth-order valence-electron chi connectivity index (χ4n) is 1.34. The van der Waals surface area contributed by atoms with Gasteiger partial charge in [-0.15, -0.1) is 0 Å². The van der Waals surface area contributed by atoms with Crippen molar-refractivity contribution in [1.29, 1.82) is 0 Å². The molecule has 0 fully saturated rings. The van der Waals surface area contributed by atoms with Crippen LogP contribution < -0.4 is 0 Å². The highest BCUT2D eigenvalue weighted by Crippen LogP contribution is 2.20. The molecule has 0 spiro atoms. The van der Waals surface area contributed by atoms with E-state index in [4.69, 9.17) is 0 Å². The van der Waals surface area contributed by atoms with Crippen LogP contribution in [0.5, 0.6) is 0 Å². The molecule has 0 unspecified atom stereocenters. The van der Waals surface area contributed by atoms with E-state index >= 15 is 0 Å². The lowest BCUT2D eigenvalue weighted by Crippen LogP contribution is -2.02. The maximum absolute atomic E-state index is 11.2. The third-order valence-corrected chi connectivity index (χ3v) is 2.27. The van der Waals surface area contributed by atoms with Crippen LogP contribution >= 0.6 is 15.9 Å². The van der Waals surface area contributed by atoms with Crippen LogP contribution in [-0.2, 0) is 0 Å². The van der Waals surface area contributed by atoms with Gasteiger partial charge in [-0.2, -0.15) is 0 Å². The van der Waals surface area contributed by atoms with E-state index in [-0.39, 0.29) is 5.78 Å². The zero-order valence-corrected chi connectivity index (χ0v) is 9.01. The maximum atomic E-state index is 11.2. The van der Waals surface area contributed by atoms with Crippen molar-refractivity contribution in [2.45, 2.75) is 13.8 Å².